The number of hydrogen-bond donors (Lipinski definition) is 1. The largest absolute Gasteiger partial charge is 0.330 e. The van der Waals surface area contributed by atoms with Gasteiger partial charge in [-0.3, -0.25) is 4.90 Å². The van der Waals surface area contributed by atoms with E-state index in [1.165, 1.54) is 45.6 Å². The lowest BCUT2D eigenvalue weighted by Crippen LogP contribution is -2.39. The second-order valence-corrected chi connectivity index (χ2v) is 6.15. The van der Waals surface area contributed by atoms with E-state index >= 15 is 0 Å². The molecule has 1 saturated heterocycles. The molecule has 1 rings (SSSR count). The molecule has 0 amide bonds. The lowest BCUT2D eigenvalue weighted by molar-refractivity contribution is 0.197. The van der Waals surface area contributed by atoms with E-state index < -0.39 is 0 Å². The molecule has 2 N–H and O–H groups in total. The van der Waals surface area contributed by atoms with Gasteiger partial charge < -0.3 is 10.6 Å². The van der Waals surface area contributed by atoms with Gasteiger partial charge >= 0.3 is 0 Å². The highest BCUT2D eigenvalue weighted by atomic mass is 15.2. The number of likely N-dealkylation sites (N-methyl/N-ethyl adjacent to an activating group) is 1. The van der Waals surface area contributed by atoms with Crippen LogP contribution in [0.1, 0.15) is 40.5 Å². The average molecular weight is 255 g/mol. The van der Waals surface area contributed by atoms with Gasteiger partial charge in [0.2, 0.25) is 0 Å². The first-order chi connectivity index (χ1) is 8.60. The van der Waals surface area contributed by atoms with Gasteiger partial charge in [-0.15, -0.1) is 0 Å². The first-order valence-electron chi connectivity index (χ1n) is 7.77. The van der Waals surface area contributed by atoms with Gasteiger partial charge in [0.25, 0.3) is 0 Å². The van der Waals surface area contributed by atoms with E-state index in [1.54, 1.807) is 0 Å². The maximum Gasteiger partial charge on any atom is 0.0235 e. The van der Waals surface area contributed by atoms with E-state index in [4.69, 9.17) is 5.73 Å². The maximum absolute atomic E-state index is 5.91. The van der Waals surface area contributed by atoms with Crippen molar-refractivity contribution in [1.29, 1.82) is 0 Å². The predicted octanol–water partition coefficient (Wildman–Crippen LogP) is 2.02. The summed E-state index contributed by atoms with van der Waals surface area (Å²) in [4.78, 5) is 5.22. The van der Waals surface area contributed by atoms with Crippen molar-refractivity contribution in [3.63, 3.8) is 0 Å². The summed E-state index contributed by atoms with van der Waals surface area (Å²) in [5, 5.41) is 0. The topological polar surface area (TPSA) is 32.5 Å². The van der Waals surface area contributed by atoms with Crippen molar-refractivity contribution >= 4 is 0 Å². The van der Waals surface area contributed by atoms with Crippen LogP contribution < -0.4 is 5.73 Å². The molecule has 0 aromatic carbocycles. The Balaban J connectivity index is 2.36. The zero-order valence-corrected chi connectivity index (χ0v) is 12.9. The molecule has 0 aliphatic carbocycles. The summed E-state index contributed by atoms with van der Waals surface area (Å²) in [5.74, 6) is 1.44. The van der Waals surface area contributed by atoms with Crippen molar-refractivity contribution in [2.45, 2.75) is 46.6 Å². The minimum atomic E-state index is 0.681. The smallest absolute Gasteiger partial charge is 0.0235 e. The van der Waals surface area contributed by atoms with Crippen molar-refractivity contribution in [2.75, 3.05) is 39.3 Å². The molecule has 0 radical (unpaired) electrons. The van der Waals surface area contributed by atoms with Gasteiger partial charge in [-0.25, -0.2) is 0 Å². The van der Waals surface area contributed by atoms with Crippen molar-refractivity contribution in [1.82, 2.24) is 9.80 Å². The van der Waals surface area contributed by atoms with Crippen LogP contribution in [0, 0.1) is 11.8 Å². The average Bonchev–Trinajstić information content (AvgIpc) is 2.78. The molecule has 108 valence electrons. The molecule has 3 heteroatoms. The Hall–Kier alpha value is -0.120. The molecule has 3 nitrogen and oxygen atoms in total. The van der Waals surface area contributed by atoms with Gasteiger partial charge in [0.1, 0.15) is 0 Å². The number of nitrogens with two attached hydrogens (primary N) is 1. The predicted molar refractivity (Wildman–Crippen MR) is 79.8 cm³/mol. The van der Waals surface area contributed by atoms with E-state index in [-0.39, 0.29) is 0 Å². The molecule has 0 spiro atoms. The van der Waals surface area contributed by atoms with Crippen LogP contribution in [0.3, 0.4) is 0 Å². The van der Waals surface area contributed by atoms with E-state index in [0.717, 1.165) is 18.5 Å². The standard InChI is InChI=1S/C15H33N3/c1-5-18(6-2)15-7-8-17(12-15)11-14(10-16)9-13(3)4/h13-15H,5-12,16H2,1-4H3. The van der Waals surface area contributed by atoms with E-state index in [9.17, 15) is 0 Å². The summed E-state index contributed by atoms with van der Waals surface area (Å²) >= 11 is 0. The summed E-state index contributed by atoms with van der Waals surface area (Å²) in [6.45, 7) is 16.0. The summed E-state index contributed by atoms with van der Waals surface area (Å²) in [7, 11) is 0. The molecule has 18 heavy (non-hydrogen) atoms. The SMILES string of the molecule is CCN(CC)C1CCN(CC(CN)CC(C)C)C1. The second kappa shape index (κ2) is 8.13. The minimum absolute atomic E-state index is 0.681. The fraction of sp³-hybridized carbons (Fsp3) is 1.00. The highest BCUT2D eigenvalue weighted by Gasteiger charge is 2.27. The first kappa shape index (κ1) is 15.9. The molecule has 2 atom stereocenters. The molecular formula is C15H33N3. The first-order valence-corrected chi connectivity index (χ1v) is 7.77. The summed E-state index contributed by atoms with van der Waals surface area (Å²) < 4.78 is 0. The van der Waals surface area contributed by atoms with Gasteiger partial charge in [0, 0.05) is 19.1 Å². The molecule has 0 aromatic heterocycles. The van der Waals surface area contributed by atoms with Crippen LogP contribution >= 0.6 is 0 Å². The van der Waals surface area contributed by atoms with E-state index in [0.29, 0.717) is 5.92 Å². The Morgan fingerprint density at radius 1 is 1.28 bits per heavy atom. The van der Waals surface area contributed by atoms with Crippen LogP contribution in [0.15, 0.2) is 0 Å². The second-order valence-electron chi connectivity index (χ2n) is 6.15. The number of nitrogens with zero attached hydrogens (tertiary/aromatic N) is 2. The number of hydrogen-bond acceptors (Lipinski definition) is 3. The van der Waals surface area contributed by atoms with E-state index in [1.807, 2.05) is 0 Å². The van der Waals surface area contributed by atoms with Crippen LogP contribution in [-0.2, 0) is 0 Å². The van der Waals surface area contributed by atoms with Crippen LogP contribution in [0.2, 0.25) is 0 Å². The van der Waals surface area contributed by atoms with Crippen LogP contribution in [-0.4, -0.2) is 55.1 Å². The minimum Gasteiger partial charge on any atom is -0.330 e. The Bertz CT molecular complexity index is 214. The molecule has 0 aromatic rings. The fourth-order valence-electron chi connectivity index (χ4n) is 3.29. The molecule has 1 heterocycles. The highest BCUT2D eigenvalue weighted by Crippen LogP contribution is 2.19. The molecular weight excluding hydrogens is 222 g/mol. The zero-order chi connectivity index (χ0) is 13.5. The third kappa shape index (κ3) is 4.87. The Morgan fingerprint density at radius 2 is 1.94 bits per heavy atom. The number of likely N-dealkylation sites (tertiary alicyclic amines) is 1. The monoisotopic (exact) mass is 255 g/mol. The normalized spacial score (nSPS) is 23.2. The maximum atomic E-state index is 5.91. The van der Waals surface area contributed by atoms with Gasteiger partial charge in [0.05, 0.1) is 0 Å². The number of rotatable bonds is 8. The van der Waals surface area contributed by atoms with Gasteiger partial charge in [0.15, 0.2) is 0 Å². The van der Waals surface area contributed by atoms with Crippen molar-refractivity contribution in [2.24, 2.45) is 17.6 Å². The Kier molecular flexibility index (Phi) is 7.20. The summed E-state index contributed by atoms with van der Waals surface area (Å²) in [6, 6.07) is 0.775. The highest BCUT2D eigenvalue weighted by molar-refractivity contribution is 4.84. The Labute approximate surface area is 114 Å². The van der Waals surface area contributed by atoms with E-state index in [2.05, 4.69) is 37.5 Å². The lowest BCUT2D eigenvalue weighted by Gasteiger charge is -2.27. The fourth-order valence-corrected chi connectivity index (χ4v) is 3.29. The van der Waals surface area contributed by atoms with Crippen LogP contribution in [0.5, 0.6) is 0 Å². The Morgan fingerprint density at radius 3 is 2.44 bits per heavy atom. The molecule has 1 aliphatic heterocycles. The van der Waals surface area contributed by atoms with Crippen molar-refractivity contribution in [3.05, 3.63) is 0 Å². The third-order valence-electron chi connectivity index (χ3n) is 4.23. The van der Waals surface area contributed by atoms with Gasteiger partial charge in [-0.1, -0.05) is 27.7 Å². The molecule has 1 fully saturated rings. The summed E-state index contributed by atoms with van der Waals surface area (Å²) in [5.41, 5.74) is 5.91. The van der Waals surface area contributed by atoms with Crippen LogP contribution in [0.4, 0.5) is 0 Å². The molecule has 0 bridgehead atoms. The van der Waals surface area contributed by atoms with Gasteiger partial charge in [-0.05, 0) is 50.9 Å². The van der Waals surface area contributed by atoms with Crippen LogP contribution in [0.25, 0.3) is 0 Å². The molecule has 1 aliphatic rings. The van der Waals surface area contributed by atoms with Crippen molar-refractivity contribution < 1.29 is 0 Å². The lowest BCUT2D eigenvalue weighted by atomic mass is 9.97. The summed E-state index contributed by atoms with van der Waals surface area (Å²) in [6.07, 6.45) is 2.60. The molecule has 0 saturated carbocycles. The third-order valence-corrected chi connectivity index (χ3v) is 4.23. The zero-order valence-electron chi connectivity index (χ0n) is 12.9. The quantitative estimate of drug-likeness (QED) is 0.720. The molecule has 2 unspecified atom stereocenters. The van der Waals surface area contributed by atoms with Gasteiger partial charge in [-0.2, -0.15) is 0 Å². The van der Waals surface area contributed by atoms with Crippen molar-refractivity contribution in [3.8, 4) is 0 Å².